The first-order valence-corrected chi connectivity index (χ1v) is 22.9. The fraction of sp³-hybridized carbons (Fsp3) is 0.400. The molecule has 3 fully saturated rings. The SMILES string of the molecule is COC(=O)c1cc(-c2nnc(OC)n2Cc2ccccc2)c(C2CC2)cc1C.COC(=O)c1cc(B2OC(C)(C)C(C)(C)O2)c(C2CC2)cc1C.COc1nnc(Br)n1Cc1ccccc1. The molecule has 0 amide bonds. The molecule has 0 radical (unpaired) electrons. The van der Waals surface area contributed by atoms with E-state index in [9.17, 15) is 9.59 Å². The van der Waals surface area contributed by atoms with Crippen molar-refractivity contribution in [2.75, 3.05) is 28.4 Å². The van der Waals surface area contributed by atoms with Crippen LogP contribution in [0.2, 0.25) is 0 Å². The molecule has 1 saturated heterocycles. The minimum atomic E-state index is -0.445. The topological polar surface area (TPSA) is 151 Å². The molecule has 4 aromatic carbocycles. The van der Waals surface area contributed by atoms with E-state index in [0.717, 1.165) is 40.6 Å². The zero-order chi connectivity index (χ0) is 47.3. The maximum atomic E-state index is 12.3. The average Bonchev–Trinajstić information content (AvgIpc) is 4.25. The number of rotatable bonds is 12. The van der Waals surface area contributed by atoms with Crippen LogP contribution >= 0.6 is 15.9 Å². The number of benzene rings is 4. The second-order valence-corrected chi connectivity index (χ2v) is 18.5. The third kappa shape index (κ3) is 10.7. The van der Waals surface area contributed by atoms with Gasteiger partial charge in [0.15, 0.2) is 5.82 Å². The summed E-state index contributed by atoms with van der Waals surface area (Å²) in [7, 11) is 5.53. The molecule has 9 rings (SSSR count). The van der Waals surface area contributed by atoms with E-state index in [1.807, 2.05) is 111 Å². The van der Waals surface area contributed by atoms with Crippen molar-refractivity contribution in [2.24, 2.45) is 0 Å². The minimum absolute atomic E-state index is 0.317. The Balaban J connectivity index is 0.000000154. The first-order chi connectivity index (χ1) is 31.6. The fourth-order valence-corrected chi connectivity index (χ4v) is 8.21. The van der Waals surface area contributed by atoms with Crippen LogP contribution in [0.3, 0.4) is 0 Å². The van der Waals surface area contributed by atoms with E-state index >= 15 is 0 Å². The highest BCUT2D eigenvalue weighted by Crippen LogP contribution is 2.46. The van der Waals surface area contributed by atoms with Crippen LogP contribution in [0.1, 0.15) is 119 Å². The molecular formula is C50H58BBrN6O8. The summed E-state index contributed by atoms with van der Waals surface area (Å²) in [6, 6.07) is 29.1. The number of carbonyl (C=O) groups excluding carboxylic acids is 2. The predicted octanol–water partition coefficient (Wildman–Crippen LogP) is 9.03. The van der Waals surface area contributed by atoms with Gasteiger partial charge in [0.2, 0.25) is 4.73 Å². The molecule has 1 aliphatic heterocycles. The molecule has 0 bridgehead atoms. The molecule has 3 aliphatic rings. The zero-order valence-electron chi connectivity index (χ0n) is 39.4. The van der Waals surface area contributed by atoms with Crippen LogP contribution in [0.15, 0.2) is 89.7 Å². The predicted molar refractivity (Wildman–Crippen MR) is 256 cm³/mol. The Bertz CT molecular complexity index is 2650. The molecule has 346 valence electrons. The lowest BCUT2D eigenvalue weighted by Crippen LogP contribution is -2.41. The van der Waals surface area contributed by atoms with Crippen molar-refractivity contribution in [1.29, 1.82) is 0 Å². The van der Waals surface area contributed by atoms with E-state index in [1.54, 1.807) is 14.2 Å². The molecular weight excluding hydrogens is 903 g/mol. The van der Waals surface area contributed by atoms with Gasteiger partial charge >= 0.3 is 31.1 Å². The summed E-state index contributed by atoms with van der Waals surface area (Å²) >= 11 is 3.32. The van der Waals surface area contributed by atoms with E-state index in [1.165, 1.54) is 43.8 Å². The quantitative estimate of drug-likeness (QED) is 0.0851. The van der Waals surface area contributed by atoms with Crippen molar-refractivity contribution in [3.05, 3.63) is 134 Å². The number of ether oxygens (including phenoxy) is 4. The van der Waals surface area contributed by atoms with Crippen molar-refractivity contribution < 1.29 is 37.8 Å². The summed E-state index contributed by atoms with van der Waals surface area (Å²) in [5.41, 5.74) is 8.84. The number of nitrogens with zero attached hydrogens (tertiary/aromatic N) is 6. The molecule has 6 aromatic rings. The Morgan fingerprint density at radius 3 is 1.61 bits per heavy atom. The monoisotopic (exact) mass is 960 g/mol. The van der Waals surface area contributed by atoms with E-state index in [2.05, 4.69) is 60.6 Å². The van der Waals surface area contributed by atoms with Gasteiger partial charge < -0.3 is 28.3 Å². The third-order valence-corrected chi connectivity index (χ3v) is 13.1. The number of esters is 2. The van der Waals surface area contributed by atoms with Gasteiger partial charge in [-0.1, -0.05) is 83.0 Å². The van der Waals surface area contributed by atoms with Crippen LogP contribution in [0.25, 0.3) is 11.4 Å². The Labute approximate surface area is 395 Å². The molecule has 2 aliphatic carbocycles. The number of hydrogen-bond donors (Lipinski definition) is 0. The Kier molecular flexibility index (Phi) is 14.8. The molecule has 2 aromatic heterocycles. The molecule has 0 spiro atoms. The number of halogens is 1. The van der Waals surface area contributed by atoms with Gasteiger partial charge in [-0.05, 0) is 146 Å². The normalized spacial score (nSPS) is 15.8. The van der Waals surface area contributed by atoms with E-state index < -0.39 is 18.3 Å². The van der Waals surface area contributed by atoms with Crippen LogP contribution in [0.5, 0.6) is 12.0 Å². The first-order valence-electron chi connectivity index (χ1n) is 22.1. The van der Waals surface area contributed by atoms with Crippen LogP contribution in [-0.2, 0) is 31.9 Å². The average molecular weight is 962 g/mol. The Hall–Kier alpha value is -5.84. The van der Waals surface area contributed by atoms with E-state index in [-0.39, 0.29) is 11.9 Å². The van der Waals surface area contributed by atoms with E-state index in [4.69, 9.17) is 28.3 Å². The van der Waals surface area contributed by atoms with Crippen molar-refractivity contribution in [1.82, 2.24) is 29.5 Å². The van der Waals surface area contributed by atoms with Crippen LogP contribution < -0.4 is 14.9 Å². The van der Waals surface area contributed by atoms with Crippen molar-refractivity contribution >= 4 is 40.4 Å². The van der Waals surface area contributed by atoms with Crippen LogP contribution in [0, 0.1) is 13.8 Å². The lowest BCUT2D eigenvalue weighted by atomic mass is 9.73. The van der Waals surface area contributed by atoms with Crippen molar-refractivity contribution in [3.63, 3.8) is 0 Å². The number of carbonyl (C=O) groups is 2. The van der Waals surface area contributed by atoms with Gasteiger partial charge in [-0.15, -0.1) is 10.2 Å². The van der Waals surface area contributed by atoms with Gasteiger partial charge in [0, 0.05) is 5.56 Å². The van der Waals surface area contributed by atoms with Gasteiger partial charge in [0.25, 0.3) is 0 Å². The highest BCUT2D eigenvalue weighted by atomic mass is 79.9. The van der Waals surface area contributed by atoms with Gasteiger partial charge in [-0.3, -0.25) is 9.13 Å². The molecule has 14 nitrogen and oxygen atoms in total. The second-order valence-electron chi connectivity index (χ2n) is 17.8. The van der Waals surface area contributed by atoms with Crippen LogP contribution in [-0.4, -0.2) is 88.2 Å². The van der Waals surface area contributed by atoms with Crippen molar-refractivity contribution in [2.45, 2.75) is 103 Å². The molecule has 0 atom stereocenters. The largest absolute Gasteiger partial charge is 0.495 e. The summed E-state index contributed by atoms with van der Waals surface area (Å²) in [4.78, 5) is 24.3. The maximum absolute atomic E-state index is 12.3. The Morgan fingerprint density at radius 2 is 1.11 bits per heavy atom. The summed E-state index contributed by atoms with van der Waals surface area (Å²) in [5, 5.41) is 16.4. The second kappa shape index (κ2) is 20.4. The van der Waals surface area contributed by atoms with Gasteiger partial charge in [-0.2, -0.15) is 0 Å². The molecule has 2 saturated carbocycles. The molecule has 66 heavy (non-hydrogen) atoms. The van der Waals surface area contributed by atoms with Gasteiger partial charge in [0.05, 0.1) is 63.9 Å². The number of methoxy groups -OCH3 is 4. The summed E-state index contributed by atoms with van der Waals surface area (Å²) < 4.78 is 37.3. The number of aromatic nitrogens is 6. The number of hydrogen-bond acceptors (Lipinski definition) is 12. The molecule has 0 unspecified atom stereocenters. The molecule has 3 heterocycles. The highest BCUT2D eigenvalue weighted by molar-refractivity contribution is 9.10. The maximum Gasteiger partial charge on any atom is 0.495 e. The summed E-state index contributed by atoms with van der Waals surface area (Å²) in [5.74, 6) is 1.08. The third-order valence-electron chi connectivity index (χ3n) is 12.5. The van der Waals surface area contributed by atoms with Crippen LogP contribution in [0.4, 0.5) is 0 Å². The van der Waals surface area contributed by atoms with E-state index in [0.29, 0.717) is 58.6 Å². The summed E-state index contributed by atoms with van der Waals surface area (Å²) in [6.07, 6.45) is 4.66. The number of aryl methyl sites for hydroxylation is 2. The molecule has 0 N–H and O–H groups in total. The fourth-order valence-electron chi connectivity index (χ4n) is 7.85. The van der Waals surface area contributed by atoms with Gasteiger partial charge in [0.1, 0.15) is 0 Å². The summed E-state index contributed by atoms with van der Waals surface area (Å²) in [6.45, 7) is 13.3. The minimum Gasteiger partial charge on any atom is -0.467 e. The smallest absolute Gasteiger partial charge is 0.467 e. The van der Waals surface area contributed by atoms with Gasteiger partial charge in [-0.25, -0.2) is 9.59 Å². The lowest BCUT2D eigenvalue weighted by Gasteiger charge is -2.32. The van der Waals surface area contributed by atoms with Crippen molar-refractivity contribution in [3.8, 4) is 23.4 Å². The lowest BCUT2D eigenvalue weighted by molar-refractivity contribution is 0.00578. The first kappa shape index (κ1) is 48.1. The zero-order valence-corrected chi connectivity index (χ0v) is 41.0. The standard InChI is InChI=1S/C22H23N3O3.C18H25BO4.C10H10BrN3O/c1-14-11-18(16-9-10-16)19(12-17(14)21(26)27-2)20-23-24-22(28-3)25(20)13-15-7-5-4-6-8-15;1-11-9-14(12-7-8-12)15(10-13(11)16(20)21-6)19-22-17(2,3)18(4,5)23-19;1-15-10-13-12-9(11)14(10)7-8-5-3-2-4-6-8/h4-8,11-12,16H,9-10,13H2,1-3H3;9-10,12H,7-8H2,1-6H3;2-6H,7H2,1H3. The Morgan fingerprint density at radius 1 is 0.652 bits per heavy atom. The highest BCUT2D eigenvalue weighted by Gasteiger charge is 2.53. The molecule has 16 heteroatoms.